The average molecular weight is 336 g/mol. The van der Waals surface area contributed by atoms with E-state index in [1.807, 2.05) is 62.4 Å². The Bertz CT molecular complexity index is 859. The normalized spacial score (nSPS) is 10.6. The highest BCUT2D eigenvalue weighted by molar-refractivity contribution is 5.72. The van der Waals surface area contributed by atoms with Crippen molar-refractivity contribution in [1.82, 2.24) is 20.2 Å². The minimum absolute atomic E-state index is 0.253. The van der Waals surface area contributed by atoms with Crippen molar-refractivity contribution in [3.05, 3.63) is 59.7 Å². The maximum atomic E-state index is 12.0. The fourth-order valence-corrected chi connectivity index (χ4v) is 2.40. The number of hydrogen-bond acceptors (Lipinski definition) is 5. The first-order valence-electron chi connectivity index (χ1n) is 8.23. The molecule has 0 aliphatic rings. The van der Waals surface area contributed by atoms with Gasteiger partial charge in [0.25, 0.3) is 0 Å². The number of ether oxygens (including phenoxy) is 1. The third-order valence-corrected chi connectivity index (χ3v) is 3.79. The molecule has 6 nitrogen and oxygen atoms in total. The van der Waals surface area contributed by atoms with E-state index >= 15 is 0 Å². The Balaban J connectivity index is 1.50. The van der Waals surface area contributed by atoms with Crippen LogP contribution in [0.3, 0.4) is 0 Å². The summed E-state index contributed by atoms with van der Waals surface area (Å²) in [7, 11) is 0. The van der Waals surface area contributed by atoms with Crippen LogP contribution in [0.4, 0.5) is 0 Å². The second-order valence-corrected chi connectivity index (χ2v) is 5.92. The van der Waals surface area contributed by atoms with Crippen molar-refractivity contribution < 1.29 is 9.53 Å². The van der Waals surface area contributed by atoms with Gasteiger partial charge in [-0.1, -0.05) is 42.5 Å². The van der Waals surface area contributed by atoms with Crippen molar-refractivity contribution in [2.45, 2.75) is 33.2 Å². The molecule has 0 unspecified atom stereocenters. The molecule has 0 amide bonds. The highest BCUT2D eigenvalue weighted by Gasteiger charge is 2.09. The van der Waals surface area contributed by atoms with Crippen LogP contribution in [0.1, 0.15) is 24.0 Å². The van der Waals surface area contributed by atoms with Crippen molar-refractivity contribution in [2.75, 3.05) is 0 Å². The number of aromatic nitrogens is 4. The molecule has 1 aromatic heterocycles. The molecular weight excluding hydrogens is 316 g/mol. The van der Waals surface area contributed by atoms with Crippen LogP contribution in [0, 0.1) is 13.8 Å². The van der Waals surface area contributed by atoms with Gasteiger partial charge in [0.15, 0.2) is 0 Å². The molecule has 0 aliphatic carbocycles. The fourth-order valence-electron chi connectivity index (χ4n) is 2.40. The Morgan fingerprint density at radius 1 is 1.12 bits per heavy atom. The Labute approximate surface area is 146 Å². The zero-order valence-corrected chi connectivity index (χ0v) is 14.3. The van der Waals surface area contributed by atoms with Gasteiger partial charge in [0, 0.05) is 12.0 Å². The largest absolute Gasteiger partial charge is 0.426 e. The Hall–Kier alpha value is -3.02. The number of rotatable bonds is 6. The molecule has 1 heterocycles. The Kier molecular flexibility index (Phi) is 5.18. The highest BCUT2D eigenvalue weighted by atomic mass is 16.5. The minimum Gasteiger partial charge on any atom is -0.426 e. The predicted octanol–water partition coefficient (Wildman–Crippen LogP) is 3.34. The number of tetrazole rings is 1. The number of carbonyl (C=O) groups is 1. The second kappa shape index (κ2) is 7.70. The summed E-state index contributed by atoms with van der Waals surface area (Å²) in [6.45, 7) is 4.41. The standard InChI is InChI=1S/C19H20N4O2/c1-14-10-11-15(2)17(13-14)25-18(24)9-6-12-23-21-19(20-22-23)16-7-4-3-5-8-16/h3-5,7-8,10-11,13H,6,9,12H2,1-2H3. The number of esters is 1. The predicted molar refractivity (Wildman–Crippen MR) is 94.0 cm³/mol. The summed E-state index contributed by atoms with van der Waals surface area (Å²) in [5.41, 5.74) is 2.93. The molecule has 3 aromatic rings. The molecule has 0 saturated heterocycles. The molecule has 2 aromatic carbocycles. The molecule has 0 atom stereocenters. The molecule has 0 spiro atoms. The molecule has 0 bridgehead atoms. The molecule has 0 aliphatic heterocycles. The van der Waals surface area contributed by atoms with Gasteiger partial charge in [-0.15, -0.1) is 10.2 Å². The van der Waals surface area contributed by atoms with Gasteiger partial charge in [-0.3, -0.25) is 4.79 Å². The number of nitrogens with zero attached hydrogens (tertiary/aromatic N) is 4. The van der Waals surface area contributed by atoms with E-state index in [1.54, 1.807) is 0 Å². The molecule has 128 valence electrons. The van der Waals surface area contributed by atoms with Crippen molar-refractivity contribution in [3.63, 3.8) is 0 Å². The number of hydrogen-bond donors (Lipinski definition) is 0. The van der Waals surface area contributed by atoms with Crippen molar-refractivity contribution in [3.8, 4) is 17.1 Å². The fraction of sp³-hybridized carbons (Fsp3) is 0.263. The lowest BCUT2D eigenvalue weighted by Crippen LogP contribution is -2.11. The summed E-state index contributed by atoms with van der Waals surface area (Å²) in [4.78, 5) is 13.5. The second-order valence-electron chi connectivity index (χ2n) is 5.92. The minimum atomic E-state index is -0.253. The molecular formula is C19H20N4O2. The lowest BCUT2D eigenvalue weighted by atomic mass is 10.1. The molecule has 0 fully saturated rings. The zero-order valence-electron chi connectivity index (χ0n) is 14.3. The van der Waals surface area contributed by atoms with Crippen molar-refractivity contribution in [1.29, 1.82) is 0 Å². The van der Waals surface area contributed by atoms with Crippen LogP contribution in [0.25, 0.3) is 11.4 Å². The summed E-state index contributed by atoms with van der Waals surface area (Å²) >= 11 is 0. The van der Waals surface area contributed by atoms with Crippen LogP contribution in [0.2, 0.25) is 0 Å². The van der Waals surface area contributed by atoms with E-state index in [0.29, 0.717) is 31.0 Å². The van der Waals surface area contributed by atoms with Crippen molar-refractivity contribution in [2.24, 2.45) is 0 Å². The monoisotopic (exact) mass is 336 g/mol. The van der Waals surface area contributed by atoms with Gasteiger partial charge in [-0.2, -0.15) is 4.80 Å². The van der Waals surface area contributed by atoms with Gasteiger partial charge in [0.2, 0.25) is 5.82 Å². The maximum Gasteiger partial charge on any atom is 0.311 e. The molecule has 6 heteroatoms. The van der Waals surface area contributed by atoms with Gasteiger partial charge < -0.3 is 4.74 Å². The Morgan fingerprint density at radius 3 is 2.72 bits per heavy atom. The number of benzene rings is 2. The highest BCUT2D eigenvalue weighted by Crippen LogP contribution is 2.19. The van der Waals surface area contributed by atoms with E-state index in [4.69, 9.17) is 4.74 Å². The van der Waals surface area contributed by atoms with Crippen LogP contribution in [-0.4, -0.2) is 26.2 Å². The van der Waals surface area contributed by atoms with Crippen LogP contribution >= 0.6 is 0 Å². The first kappa shape index (κ1) is 16.8. The summed E-state index contributed by atoms with van der Waals surface area (Å²) < 4.78 is 5.43. The van der Waals surface area contributed by atoms with Gasteiger partial charge in [-0.05, 0) is 42.7 Å². The van der Waals surface area contributed by atoms with Crippen LogP contribution in [0.15, 0.2) is 48.5 Å². The van der Waals surface area contributed by atoms with Gasteiger partial charge >= 0.3 is 5.97 Å². The lowest BCUT2D eigenvalue weighted by Gasteiger charge is -2.08. The summed E-state index contributed by atoms with van der Waals surface area (Å²) in [6, 6.07) is 15.5. The van der Waals surface area contributed by atoms with Crippen LogP contribution < -0.4 is 4.74 Å². The quantitative estimate of drug-likeness (QED) is 0.510. The van der Waals surface area contributed by atoms with E-state index in [0.717, 1.165) is 16.7 Å². The average Bonchev–Trinajstić information content (AvgIpc) is 3.08. The number of carbonyl (C=O) groups excluding carboxylic acids is 1. The molecule has 0 radical (unpaired) electrons. The first-order chi connectivity index (χ1) is 12.1. The topological polar surface area (TPSA) is 69.9 Å². The molecule has 25 heavy (non-hydrogen) atoms. The third-order valence-electron chi connectivity index (χ3n) is 3.79. The van der Waals surface area contributed by atoms with Gasteiger partial charge in [0.1, 0.15) is 5.75 Å². The van der Waals surface area contributed by atoms with E-state index in [1.165, 1.54) is 4.80 Å². The summed E-state index contributed by atoms with van der Waals surface area (Å²) in [5.74, 6) is 0.950. The first-order valence-corrected chi connectivity index (χ1v) is 8.23. The smallest absolute Gasteiger partial charge is 0.311 e. The molecule has 3 rings (SSSR count). The van der Waals surface area contributed by atoms with E-state index in [9.17, 15) is 4.79 Å². The number of aryl methyl sites for hydroxylation is 3. The summed E-state index contributed by atoms with van der Waals surface area (Å²) in [5, 5.41) is 12.4. The zero-order chi connectivity index (χ0) is 17.6. The Morgan fingerprint density at radius 2 is 1.92 bits per heavy atom. The van der Waals surface area contributed by atoms with E-state index in [2.05, 4.69) is 15.4 Å². The maximum absolute atomic E-state index is 12.0. The summed E-state index contributed by atoms with van der Waals surface area (Å²) in [6.07, 6.45) is 0.893. The van der Waals surface area contributed by atoms with Crippen LogP contribution in [0.5, 0.6) is 5.75 Å². The van der Waals surface area contributed by atoms with Gasteiger partial charge in [0.05, 0.1) is 6.54 Å². The molecule has 0 saturated carbocycles. The SMILES string of the molecule is Cc1ccc(C)c(OC(=O)CCCn2nnc(-c3ccccc3)n2)c1. The third kappa shape index (κ3) is 4.50. The van der Waals surface area contributed by atoms with Crippen LogP contribution in [-0.2, 0) is 11.3 Å². The lowest BCUT2D eigenvalue weighted by molar-refractivity contribution is -0.134. The molecule has 0 N–H and O–H groups in total. The van der Waals surface area contributed by atoms with E-state index in [-0.39, 0.29) is 5.97 Å². The van der Waals surface area contributed by atoms with Crippen molar-refractivity contribution >= 4 is 5.97 Å². The van der Waals surface area contributed by atoms with Gasteiger partial charge in [-0.25, -0.2) is 0 Å². The van der Waals surface area contributed by atoms with E-state index < -0.39 is 0 Å².